The molecule has 4 rings (SSSR count). The van der Waals surface area contributed by atoms with E-state index in [4.69, 9.17) is 11.6 Å². The van der Waals surface area contributed by atoms with E-state index in [2.05, 4.69) is 5.32 Å². The Labute approximate surface area is 254 Å². The Morgan fingerprint density at radius 1 is 0.976 bits per heavy atom. The Kier molecular flexibility index (Phi) is 10.7. The van der Waals surface area contributed by atoms with Crippen molar-refractivity contribution in [3.8, 4) is 0 Å². The first-order valence-corrected chi connectivity index (χ1v) is 16.4. The molecule has 1 atom stereocenters. The van der Waals surface area contributed by atoms with Gasteiger partial charge in [0, 0.05) is 17.6 Å². The molecule has 1 aliphatic rings. The number of nitrogens with one attached hydrogen (secondary N) is 1. The summed E-state index contributed by atoms with van der Waals surface area (Å²) in [7, 11) is -4.12. The molecule has 3 aromatic carbocycles. The summed E-state index contributed by atoms with van der Waals surface area (Å²) in [6.45, 7) is 5.17. The number of rotatable bonds is 11. The molecule has 1 saturated carbocycles. The molecule has 1 N–H and O–H groups in total. The second-order valence-corrected chi connectivity index (χ2v) is 13.3. The Bertz CT molecular complexity index is 1490. The van der Waals surface area contributed by atoms with Crippen molar-refractivity contribution in [2.45, 2.75) is 82.8 Å². The minimum Gasteiger partial charge on any atom is -0.352 e. The van der Waals surface area contributed by atoms with Crippen LogP contribution >= 0.6 is 11.6 Å². The summed E-state index contributed by atoms with van der Waals surface area (Å²) in [5.74, 6) is -0.734. The molecule has 9 heteroatoms. The van der Waals surface area contributed by atoms with Crippen LogP contribution in [0.25, 0.3) is 0 Å². The molecule has 0 bridgehead atoms. The summed E-state index contributed by atoms with van der Waals surface area (Å²) in [6, 6.07) is 20.2. The number of benzene rings is 3. The van der Waals surface area contributed by atoms with Crippen LogP contribution in [-0.2, 0) is 32.6 Å². The fourth-order valence-corrected chi connectivity index (χ4v) is 7.05. The molecule has 1 fully saturated rings. The molecule has 0 heterocycles. The van der Waals surface area contributed by atoms with Crippen molar-refractivity contribution in [1.82, 2.24) is 10.2 Å². The standard InChI is InChI=1S/C33H40ClN3O4S/c1-4-27-12-8-9-16-31(27)37(42(40,41)30-19-17-24(2)18-20-30)23-32(38)36(22-26-11-10-13-28(34)21-26)25(3)33(39)35-29-14-6-5-7-15-29/h8-13,16-21,25,29H,4-7,14-15,22-23H2,1-3H3,(H,35,39)/t25-/m0/s1. The predicted octanol–water partition coefficient (Wildman–Crippen LogP) is 6.27. The molecular weight excluding hydrogens is 570 g/mol. The van der Waals surface area contributed by atoms with Crippen molar-refractivity contribution < 1.29 is 18.0 Å². The van der Waals surface area contributed by atoms with E-state index in [0.29, 0.717) is 17.1 Å². The van der Waals surface area contributed by atoms with Gasteiger partial charge in [-0.3, -0.25) is 13.9 Å². The van der Waals surface area contributed by atoms with Gasteiger partial charge < -0.3 is 10.2 Å². The van der Waals surface area contributed by atoms with Gasteiger partial charge in [-0.25, -0.2) is 8.42 Å². The molecule has 0 spiro atoms. The van der Waals surface area contributed by atoms with Gasteiger partial charge in [0.2, 0.25) is 11.8 Å². The van der Waals surface area contributed by atoms with Crippen molar-refractivity contribution in [2.24, 2.45) is 0 Å². The fourth-order valence-electron chi connectivity index (χ4n) is 5.39. The van der Waals surface area contributed by atoms with Crippen molar-refractivity contribution in [2.75, 3.05) is 10.8 Å². The van der Waals surface area contributed by atoms with Gasteiger partial charge in [-0.05, 0) is 74.6 Å². The van der Waals surface area contributed by atoms with E-state index in [1.54, 1.807) is 61.5 Å². The van der Waals surface area contributed by atoms with Gasteiger partial charge in [-0.2, -0.15) is 0 Å². The third kappa shape index (κ3) is 7.72. The third-order valence-electron chi connectivity index (χ3n) is 7.89. The first-order chi connectivity index (χ1) is 20.1. The Morgan fingerprint density at radius 2 is 1.67 bits per heavy atom. The normalized spacial score (nSPS) is 14.7. The molecule has 42 heavy (non-hydrogen) atoms. The summed E-state index contributed by atoms with van der Waals surface area (Å²) in [5, 5.41) is 3.64. The number of carbonyl (C=O) groups excluding carboxylic acids is 2. The quantitative estimate of drug-likeness (QED) is 0.277. The Balaban J connectivity index is 1.70. The second-order valence-electron chi connectivity index (χ2n) is 11.0. The van der Waals surface area contributed by atoms with Crippen LogP contribution in [0.2, 0.25) is 5.02 Å². The van der Waals surface area contributed by atoms with Gasteiger partial charge in [0.25, 0.3) is 10.0 Å². The lowest BCUT2D eigenvalue weighted by atomic mass is 9.95. The van der Waals surface area contributed by atoms with Crippen LogP contribution < -0.4 is 9.62 Å². The van der Waals surface area contributed by atoms with E-state index in [9.17, 15) is 18.0 Å². The van der Waals surface area contributed by atoms with Gasteiger partial charge in [0.05, 0.1) is 10.6 Å². The van der Waals surface area contributed by atoms with Gasteiger partial charge >= 0.3 is 0 Å². The Hall–Kier alpha value is -3.36. The molecule has 2 amide bonds. The number of halogens is 1. The zero-order valence-corrected chi connectivity index (χ0v) is 26.1. The second kappa shape index (κ2) is 14.2. The number of hydrogen-bond donors (Lipinski definition) is 1. The zero-order valence-electron chi connectivity index (χ0n) is 24.6. The highest BCUT2D eigenvalue weighted by Gasteiger charge is 2.34. The van der Waals surface area contributed by atoms with Crippen LogP contribution in [0.5, 0.6) is 0 Å². The lowest BCUT2D eigenvalue weighted by molar-refractivity contribution is -0.139. The first-order valence-electron chi connectivity index (χ1n) is 14.6. The van der Waals surface area contributed by atoms with Gasteiger partial charge in [0.15, 0.2) is 0 Å². The minimum atomic E-state index is -4.12. The van der Waals surface area contributed by atoms with Crippen LogP contribution in [0.15, 0.2) is 77.7 Å². The van der Waals surface area contributed by atoms with E-state index in [0.717, 1.165) is 48.8 Å². The number of carbonyl (C=O) groups is 2. The summed E-state index contributed by atoms with van der Waals surface area (Å²) < 4.78 is 29.4. The highest BCUT2D eigenvalue weighted by atomic mass is 35.5. The average Bonchev–Trinajstić information content (AvgIpc) is 2.99. The molecule has 7 nitrogen and oxygen atoms in total. The zero-order chi connectivity index (χ0) is 30.3. The number of aryl methyl sites for hydroxylation is 2. The SMILES string of the molecule is CCc1ccccc1N(CC(=O)N(Cc1cccc(Cl)c1)[C@@H](C)C(=O)NC1CCCCC1)S(=O)(=O)c1ccc(C)cc1. The number of hydrogen-bond acceptors (Lipinski definition) is 4. The monoisotopic (exact) mass is 609 g/mol. The molecule has 224 valence electrons. The van der Waals surface area contributed by atoms with E-state index >= 15 is 0 Å². The van der Waals surface area contributed by atoms with E-state index in [1.807, 2.05) is 32.0 Å². The molecule has 1 aliphatic carbocycles. The minimum absolute atomic E-state index is 0.0756. The molecule has 3 aromatic rings. The topological polar surface area (TPSA) is 86.8 Å². The van der Waals surface area contributed by atoms with Gasteiger partial charge in [-0.15, -0.1) is 0 Å². The Morgan fingerprint density at radius 3 is 2.33 bits per heavy atom. The predicted molar refractivity (Wildman–Crippen MR) is 168 cm³/mol. The summed E-state index contributed by atoms with van der Waals surface area (Å²) in [4.78, 5) is 29.2. The van der Waals surface area contributed by atoms with Crippen molar-refractivity contribution in [1.29, 1.82) is 0 Å². The number of nitrogens with zero attached hydrogens (tertiary/aromatic N) is 2. The van der Waals surface area contributed by atoms with Crippen LogP contribution in [0.4, 0.5) is 5.69 Å². The highest BCUT2D eigenvalue weighted by molar-refractivity contribution is 7.92. The summed E-state index contributed by atoms with van der Waals surface area (Å²) >= 11 is 6.25. The van der Waals surface area contributed by atoms with Gasteiger partial charge in [0.1, 0.15) is 12.6 Å². The van der Waals surface area contributed by atoms with Crippen molar-refractivity contribution in [3.63, 3.8) is 0 Å². The third-order valence-corrected chi connectivity index (χ3v) is 9.90. The van der Waals surface area contributed by atoms with Crippen LogP contribution in [0.3, 0.4) is 0 Å². The number of anilines is 1. The summed E-state index contributed by atoms with van der Waals surface area (Å²) in [6.07, 6.45) is 5.69. The lowest BCUT2D eigenvalue weighted by Gasteiger charge is -2.33. The van der Waals surface area contributed by atoms with Crippen molar-refractivity contribution >= 4 is 39.1 Å². The molecule has 0 unspecified atom stereocenters. The highest BCUT2D eigenvalue weighted by Crippen LogP contribution is 2.28. The first kappa shape index (κ1) is 31.6. The maximum Gasteiger partial charge on any atom is 0.264 e. The molecule has 0 aromatic heterocycles. The van der Waals surface area contributed by atoms with E-state index in [1.165, 1.54) is 9.21 Å². The number of sulfonamides is 1. The largest absolute Gasteiger partial charge is 0.352 e. The molecule has 0 aliphatic heterocycles. The average molecular weight is 610 g/mol. The lowest BCUT2D eigenvalue weighted by Crippen LogP contribution is -2.53. The van der Waals surface area contributed by atoms with Gasteiger partial charge in [-0.1, -0.05) is 85.8 Å². The summed E-state index contributed by atoms with van der Waals surface area (Å²) in [5.41, 5.74) is 2.91. The number of amides is 2. The molecule has 0 saturated heterocycles. The van der Waals surface area contributed by atoms with Crippen LogP contribution in [0, 0.1) is 6.92 Å². The maximum absolute atomic E-state index is 14.2. The molecular formula is C33H40ClN3O4S. The van der Waals surface area contributed by atoms with Crippen molar-refractivity contribution in [3.05, 3.63) is 94.5 Å². The number of para-hydroxylation sites is 1. The maximum atomic E-state index is 14.2. The van der Waals surface area contributed by atoms with Crippen LogP contribution in [-0.4, -0.2) is 43.8 Å². The molecule has 0 radical (unpaired) electrons. The fraction of sp³-hybridized carbons (Fsp3) is 0.394. The smallest absolute Gasteiger partial charge is 0.264 e. The van der Waals surface area contributed by atoms with Crippen LogP contribution in [0.1, 0.15) is 62.6 Å². The van der Waals surface area contributed by atoms with E-state index in [-0.39, 0.29) is 23.4 Å². The van der Waals surface area contributed by atoms with E-state index < -0.39 is 28.5 Å².